The van der Waals surface area contributed by atoms with Gasteiger partial charge < -0.3 is 10.2 Å². The van der Waals surface area contributed by atoms with Crippen molar-refractivity contribution in [1.82, 2.24) is 0 Å². The average Bonchev–Trinajstić information content (AvgIpc) is 2.60. The number of hydrogen-bond donors (Lipinski definition) is 2. The van der Waals surface area contributed by atoms with Gasteiger partial charge in [-0.1, -0.05) is 54.1 Å². The van der Waals surface area contributed by atoms with Crippen LogP contribution in [0.5, 0.6) is 0 Å². The molecule has 26 heavy (non-hydrogen) atoms. The van der Waals surface area contributed by atoms with Crippen LogP contribution in [-0.4, -0.2) is 15.8 Å². The van der Waals surface area contributed by atoms with Crippen molar-refractivity contribution >= 4 is 0 Å². The summed E-state index contributed by atoms with van der Waals surface area (Å²) in [6, 6.07) is 10.4. The highest BCUT2D eigenvalue weighted by Gasteiger charge is 2.44. The lowest BCUT2D eigenvalue weighted by molar-refractivity contribution is 0.0497. The average molecular weight is 351 g/mol. The van der Waals surface area contributed by atoms with Gasteiger partial charge in [-0.3, -0.25) is 0 Å². The molecule has 2 aliphatic rings. The molecular formula is C24H30O2. The van der Waals surface area contributed by atoms with Crippen molar-refractivity contribution in [2.75, 3.05) is 0 Å². The second kappa shape index (κ2) is 7.67. The van der Waals surface area contributed by atoms with E-state index >= 15 is 0 Å². The summed E-state index contributed by atoms with van der Waals surface area (Å²) >= 11 is 0. The molecule has 2 N–H and O–H groups in total. The zero-order chi connectivity index (χ0) is 18.7. The maximum absolute atomic E-state index is 11.5. The Balaban J connectivity index is 1.94. The first kappa shape index (κ1) is 18.7. The van der Waals surface area contributed by atoms with Crippen LogP contribution in [0.1, 0.15) is 45.1 Å². The van der Waals surface area contributed by atoms with E-state index in [9.17, 15) is 10.2 Å². The Kier molecular flexibility index (Phi) is 5.52. The fourth-order valence-corrected chi connectivity index (χ4v) is 4.48. The first-order valence-electron chi connectivity index (χ1n) is 9.62. The molecule has 0 aliphatic heterocycles. The summed E-state index contributed by atoms with van der Waals surface area (Å²) in [5, 5.41) is 21.8. The highest BCUT2D eigenvalue weighted by atomic mass is 16.3. The van der Waals surface area contributed by atoms with E-state index in [0.29, 0.717) is 5.57 Å². The summed E-state index contributed by atoms with van der Waals surface area (Å²) < 4.78 is 0. The Morgan fingerprint density at radius 2 is 1.96 bits per heavy atom. The van der Waals surface area contributed by atoms with E-state index in [1.165, 1.54) is 11.1 Å². The van der Waals surface area contributed by atoms with E-state index < -0.39 is 5.60 Å². The van der Waals surface area contributed by atoms with Crippen LogP contribution < -0.4 is 0 Å². The predicted molar refractivity (Wildman–Crippen MR) is 108 cm³/mol. The lowest BCUT2D eigenvalue weighted by Crippen LogP contribution is -2.44. The van der Waals surface area contributed by atoms with Crippen molar-refractivity contribution in [3.8, 4) is 0 Å². The molecule has 2 heteroatoms. The van der Waals surface area contributed by atoms with Crippen molar-refractivity contribution < 1.29 is 10.2 Å². The van der Waals surface area contributed by atoms with Gasteiger partial charge in [0.05, 0.1) is 0 Å². The fourth-order valence-electron chi connectivity index (χ4n) is 4.48. The highest BCUT2D eigenvalue weighted by Crippen LogP contribution is 2.46. The highest BCUT2D eigenvalue weighted by molar-refractivity contribution is 5.41. The maximum atomic E-state index is 11.5. The van der Waals surface area contributed by atoms with E-state index in [1.54, 1.807) is 6.08 Å². The van der Waals surface area contributed by atoms with Gasteiger partial charge in [0, 0.05) is 5.92 Å². The lowest BCUT2D eigenvalue weighted by atomic mass is 9.64. The van der Waals surface area contributed by atoms with Crippen LogP contribution in [0, 0.1) is 11.8 Å². The third-order valence-corrected chi connectivity index (χ3v) is 5.84. The topological polar surface area (TPSA) is 40.5 Å². The van der Waals surface area contributed by atoms with E-state index in [-0.39, 0.29) is 17.6 Å². The van der Waals surface area contributed by atoms with E-state index in [4.69, 9.17) is 0 Å². The number of aliphatic hydroxyl groups excluding tert-OH is 1. The van der Waals surface area contributed by atoms with Crippen LogP contribution in [-0.2, 0) is 6.42 Å². The molecule has 2 aliphatic carbocycles. The van der Waals surface area contributed by atoms with Gasteiger partial charge in [-0.25, -0.2) is 0 Å². The Morgan fingerprint density at radius 1 is 1.23 bits per heavy atom. The Morgan fingerprint density at radius 3 is 2.62 bits per heavy atom. The Labute approximate surface area is 157 Å². The first-order valence-corrected chi connectivity index (χ1v) is 9.62. The van der Waals surface area contributed by atoms with Gasteiger partial charge in [0.1, 0.15) is 11.4 Å². The molecule has 0 heterocycles. The monoisotopic (exact) mass is 350 g/mol. The molecule has 2 unspecified atom stereocenters. The third-order valence-electron chi connectivity index (χ3n) is 5.84. The molecule has 0 saturated carbocycles. The van der Waals surface area contributed by atoms with Crippen molar-refractivity contribution in [3.05, 3.63) is 83.2 Å². The number of rotatable bonds is 5. The number of hydrogen-bond acceptors (Lipinski definition) is 2. The molecule has 3 atom stereocenters. The van der Waals surface area contributed by atoms with Crippen molar-refractivity contribution in [3.63, 3.8) is 0 Å². The van der Waals surface area contributed by atoms with Gasteiger partial charge in [0.15, 0.2) is 0 Å². The minimum absolute atomic E-state index is 0.0603. The second-order valence-corrected chi connectivity index (χ2v) is 7.93. The molecule has 138 valence electrons. The quantitative estimate of drug-likeness (QED) is 0.672. The number of allylic oxidation sites excluding steroid dienone is 3. The van der Waals surface area contributed by atoms with Crippen LogP contribution in [0.3, 0.4) is 0 Å². The fraction of sp³-hybridized carbons (Fsp3) is 0.417. The minimum atomic E-state index is -1.19. The molecule has 2 nitrogen and oxygen atoms in total. The van der Waals surface area contributed by atoms with Crippen molar-refractivity contribution in [2.45, 2.75) is 51.6 Å². The maximum Gasteiger partial charge on any atom is 0.114 e. The zero-order valence-corrected chi connectivity index (χ0v) is 15.9. The summed E-state index contributed by atoms with van der Waals surface area (Å²) in [6.45, 7) is 8.08. The van der Waals surface area contributed by atoms with Crippen molar-refractivity contribution in [2.24, 2.45) is 11.8 Å². The van der Waals surface area contributed by atoms with Crippen LogP contribution in [0.25, 0.3) is 0 Å². The molecular weight excluding hydrogens is 320 g/mol. The van der Waals surface area contributed by atoms with Crippen LogP contribution in [0.4, 0.5) is 0 Å². The smallest absolute Gasteiger partial charge is 0.114 e. The molecule has 3 rings (SSSR count). The first-order chi connectivity index (χ1) is 12.4. The van der Waals surface area contributed by atoms with Gasteiger partial charge in [-0.05, 0) is 75.2 Å². The Hall–Kier alpha value is -2.06. The number of aryl methyl sites for hydroxylation is 1. The minimum Gasteiger partial charge on any atom is -0.508 e. The van der Waals surface area contributed by atoms with Gasteiger partial charge in [-0.2, -0.15) is 0 Å². The molecule has 0 amide bonds. The second-order valence-electron chi connectivity index (χ2n) is 7.93. The van der Waals surface area contributed by atoms with Gasteiger partial charge in [-0.15, -0.1) is 0 Å². The number of benzene rings is 1. The molecule has 0 radical (unpaired) electrons. The van der Waals surface area contributed by atoms with Crippen LogP contribution in [0.2, 0.25) is 0 Å². The SMILES string of the molecule is C=C(C)C1(O)C=C(O)C=C(CCc2ccccc2)[C@@H]1C1C=C(C)CCC1. The van der Waals surface area contributed by atoms with Crippen LogP contribution in [0.15, 0.2) is 77.6 Å². The zero-order valence-electron chi connectivity index (χ0n) is 15.9. The van der Waals surface area contributed by atoms with Crippen LogP contribution >= 0.6 is 0 Å². The largest absolute Gasteiger partial charge is 0.508 e. The third kappa shape index (κ3) is 3.86. The van der Waals surface area contributed by atoms with Gasteiger partial charge in [0.25, 0.3) is 0 Å². The lowest BCUT2D eigenvalue weighted by Gasteiger charge is -2.43. The molecule has 0 fully saturated rings. The summed E-state index contributed by atoms with van der Waals surface area (Å²) in [4.78, 5) is 0. The van der Waals surface area contributed by atoms with Gasteiger partial charge in [0.2, 0.25) is 0 Å². The molecule has 1 aromatic rings. The number of aliphatic hydroxyl groups is 2. The standard InChI is InChI=1S/C24H30O2/c1-17(2)24(26)16-22(25)15-21(13-12-19-9-5-4-6-10-19)23(24)20-11-7-8-18(3)14-20/h4-6,9-10,14-16,20,23,25-26H,1,7-8,11-13H2,2-3H3/t20?,23-,24?/m0/s1. The molecule has 0 saturated heterocycles. The summed E-state index contributed by atoms with van der Waals surface area (Å²) in [5.41, 5.74) is 3.29. The summed E-state index contributed by atoms with van der Waals surface area (Å²) in [5.74, 6) is 0.359. The van der Waals surface area contributed by atoms with E-state index in [2.05, 4.69) is 43.8 Å². The summed E-state index contributed by atoms with van der Waals surface area (Å²) in [6.07, 6.45) is 10.9. The molecule has 0 bridgehead atoms. The molecule has 0 aromatic heterocycles. The normalized spacial score (nSPS) is 28.8. The molecule has 0 spiro atoms. The summed E-state index contributed by atoms with van der Waals surface area (Å²) in [7, 11) is 0. The van der Waals surface area contributed by atoms with Gasteiger partial charge >= 0.3 is 0 Å². The predicted octanol–water partition coefficient (Wildman–Crippen LogP) is 5.67. The van der Waals surface area contributed by atoms with E-state index in [0.717, 1.165) is 37.7 Å². The van der Waals surface area contributed by atoms with Crippen molar-refractivity contribution in [1.29, 1.82) is 0 Å². The molecule has 1 aromatic carbocycles. The Bertz CT molecular complexity index is 754. The van der Waals surface area contributed by atoms with E-state index in [1.807, 2.05) is 19.1 Å².